The third kappa shape index (κ3) is 2.45. The molecule has 0 aliphatic heterocycles. The summed E-state index contributed by atoms with van der Waals surface area (Å²) in [4.78, 5) is 0. The van der Waals surface area contributed by atoms with Crippen LogP contribution in [0, 0.1) is 32.4 Å². The van der Waals surface area contributed by atoms with Gasteiger partial charge >= 0.3 is 0 Å². The molecule has 0 spiro atoms. The van der Waals surface area contributed by atoms with Crippen molar-refractivity contribution in [1.82, 2.24) is 9.78 Å². The average Bonchev–Trinajstić information content (AvgIpc) is 2.61. The van der Waals surface area contributed by atoms with E-state index in [0.717, 1.165) is 17.0 Å². The molecule has 3 nitrogen and oxygen atoms in total. The highest BCUT2D eigenvalue weighted by Crippen LogP contribution is 2.27. The highest BCUT2D eigenvalue weighted by atomic mass is 19.1. The van der Waals surface area contributed by atoms with Crippen LogP contribution in [0.4, 0.5) is 8.78 Å². The first-order chi connectivity index (χ1) is 9.32. The van der Waals surface area contributed by atoms with Crippen molar-refractivity contribution < 1.29 is 13.9 Å². The van der Waals surface area contributed by atoms with Gasteiger partial charge in [-0.05, 0) is 38.0 Å². The molecular weight excluding hydrogens is 262 g/mol. The average molecular weight is 280 g/mol. The number of aliphatic hydroxyl groups excluding tert-OH is 1. The SMILES string of the molecule is Cc1ccc(F)c(C(O)Cc2c(C)nn(C)c2C)c1F. The van der Waals surface area contributed by atoms with Gasteiger partial charge < -0.3 is 5.11 Å². The van der Waals surface area contributed by atoms with E-state index in [0.29, 0.717) is 5.56 Å². The summed E-state index contributed by atoms with van der Waals surface area (Å²) < 4.78 is 29.5. The Kier molecular flexibility index (Phi) is 3.90. The molecule has 2 aromatic rings. The van der Waals surface area contributed by atoms with Crippen molar-refractivity contribution in [3.05, 3.63) is 51.8 Å². The highest BCUT2D eigenvalue weighted by molar-refractivity contribution is 5.32. The maximum atomic E-state index is 14.0. The summed E-state index contributed by atoms with van der Waals surface area (Å²) in [5, 5.41) is 14.4. The van der Waals surface area contributed by atoms with E-state index in [1.54, 1.807) is 18.7 Å². The Morgan fingerprint density at radius 3 is 2.45 bits per heavy atom. The quantitative estimate of drug-likeness (QED) is 0.938. The minimum atomic E-state index is -1.23. The van der Waals surface area contributed by atoms with Gasteiger partial charge in [0.25, 0.3) is 0 Å². The first-order valence-electron chi connectivity index (χ1n) is 6.44. The van der Waals surface area contributed by atoms with E-state index in [1.165, 1.54) is 12.1 Å². The van der Waals surface area contributed by atoms with Gasteiger partial charge in [0.1, 0.15) is 11.6 Å². The molecule has 0 saturated heterocycles. The predicted octanol–water partition coefficient (Wildman–Crippen LogP) is 2.90. The molecule has 108 valence electrons. The standard InChI is InChI=1S/C15H18F2N2O/c1-8-5-6-12(16)14(15(8)17)13(20)7-11-9(2)18-19(4)10(11)3/h5-6,13,20H,7H2,1-4H3. The highest BCUT2D eigenvalue weighted by Gasteiger charge is 2.22. The lowest BCUT2D eigenvalue weighted by Gasteiger charge is -2.14. The van der Waals surface area contributed by atoms with Crippen LogP contribution in [0.5, 0.6) is 0 Å². The second-order valence-corrected chi connectivity index (χ2v) is 5.08. The van der Waals surface area contributed by atoms with Crippen LogP contribution < -0.4 is 0 Å². The lowest BCUT2D eigenvalue weighted by atomic mass is 9.98. The van der Waals surface area contributed by atoms with Crippen molar-refractivity contribution in [2.45, 2.75) is 33.3 Å². The maximum absolute atomic E-state index is 14.0. The van der Waals surface area contributed by atoms with Gasteiger partial charge in [-0.1, -0.05) is 6.07 Å². The minimum Gasteiger partial charge on any atom is -0.388 e. The van der Waals surface area contributed by atoms with Gasteiger partial charge in [0.15, 0.2) is 0 Å². The topological polar surface area (TPSA) is 38.1 Å². The first kappa shape index (κ1) is 14.7. The molecule has 0 aliphatic rings. The van der Waals surface area contributed by atoms with E-state index in [-0.39, 0.29) is 12.0 Å². The van der Waals surface area contributed by atoms with Crippen LogP contribution in [0.25, 0.3) is 0 Å². The molecule has 1 aromatic carbocycles. The normalized spacial score (nSPS) is 12.8. The molecular formula is C15H18F2N2O. The van der Waals surface area contributed by atoms with Crippen molar-refractivity contribution in [2.75, 3.05) is 0 Å². The summed E-state index contributed by atoms with van der Waals surface area (Å²) in [5.74, 6) is -1.41. The van der Waals surface area contributed by atoms with Crippen LogP contribution in [0.3, 0.4) is 0 Å². The molecule has 0 radical (unpaired) electrons. The summed E-state index contributed by atoms with van der Waals surface area (Å²) in [6, 6.07) is 2.54. The monoisotopic (exact) mass is 280 g/mol. The second kappa shape index (κ2) is 5.32. The molecule has 0 amide bonds. The Bertz CT molecular complexity index is 650. The summed E-state index contributed by atoms with van der Waals surface area (Å²) in [7, 11) is 1.80. The Balaban J connectivity index is 2.38. The number of nitrogens with zero attached hydrogens (tertiary/aromatic N) is 2. The van der Waals surface area contributed by atoms with Crippen molar-refractivity contribution in [1.29, 1.82) is 0 Å². The molecule has 2 rings (SSSR count). The number of hydrogen-bond acceptors (Lipinski definition) is 2. The van der Waals surface area contributed by atoms with E-state index in [2.05, 4.69) is 5.10 Å². The van der Waals surface area contributed by atoms with Crippen LogP contribution in [0.1, 0.15) is 34.2 Å². The van der Waals surface area contributed by atoms with Crippen LogP contribution in [0.15, 0.2) is 12.1 Å². The van der Waals surface area contributed by atoms with E-state index >= 15 is 0 Å². The van der Waals surface area contributed by atoms with E-state index < -0.39 is 17.7 Å². The molecule has 1 atom stereocenters. The number of aromatic nitrogens is 2. The fourth-order valence-corrected chi connectivity index (χ4v) is 2.39. The van der Waals surface area contributed by atoms with Crippen molar-refractivity contribution in [3.63, 3.8) is 0 Å². The molecule has 1 N–H and O–H groups in total. The molecule has 0 aliphatic carbocycles. The first-order valence-corrected chi connectivity index (χ1v) is 6.44. The molecule has 0 fully saturated rings. The van der Waals surface area contributed by atoms with E-state index in [9.17, 15) is 13.9 Å². The molecule has 1 unspecified atom stereocenters. The minimum absolute atomic E-state index is 0.142. The van der Waals surface area contributed by atoms with Gasteiger partial charge in [0.05, 0.1) is 17.4 Å². The number of rotatable bonds is 3. The third-order valence-electron chi connectivity index (χ3n) is 3.71. The smallest absolute Gasteiger partial charge is 0.134 e. The second-order valence-electron chi connectivity index (χ2n) is 5.08. The Labute approximate surface area is 116 Å². The molecule has 20 heavy (non-hydrogen) atoms. The van der Waals surface area contributed by atoms with Crippen molar-refractivity contribution >= 4 is 0 Å². The van der Waals surface area contributed by atoms with Crippen LogP contribution in [-0.2, 0) is 13.5 Å². The number of hydrogen-bond donors (Lipinski definition) is 1. The largest absolute Gasteiger partial charge is 0.388 e. The lowest BCUT2D eigenvalue weighted by molar-refractivity contribution is 0.167. The van der Waals surface area contributed by atoms with Crippen molar-refractivity contribution in [3.8, 4) is 0 Å². The number of aliphatic hydroxyl groups is 1. The summed E-state index contributed by atoms with van der Waals surface area (Å²) in [5.41, 5.74) is 2.51. The van der Waals surface area contributed by atoms with Crippen LogP contribution >= 0.6 is 0 Å². The fraction of sp³-hybridized carbons (Fsp3) is 0.400. The summed E-state index contributed by atoms with van der Waals surface area (Å²) in [6.07, 6.45) is -1.08. The molecule has 0 bridgehead atoms. The molecule has 0 saturated carbocycles. The predicted molar refractivity (Wildman–Crippen MR) is 72.4 cm³/mol. The number of halogens is 2. The molecule has 1 aromatic heterocycles. The summed E-state index contributed by atoms with van der Waals surface area (Å²) in [6.45, 7) is 5.23. The zero-order valence-electron chi connectivity index (χ0n) is 12.0. The van der Waals surface area contributed by atoms with Gasteiger partial charge in [-0.3, -0.25) is 4.68 Å². The molecule has 5 heteroatoms. The van der Waals surface area contributed by atoms with Gasteiger partial charge in [-0.2, -0.15) is 5.10 Å². The maximum Gasteiger partial charge on any atom is 0.134 e. The fourth-order valence-electron chi connectivity index (χ4n) is 2.39. The Morgan fingerprint density at radius 2 is 1.90 bits per heavy atom. The van der Waals surface area contributed by atoms with E-state index in [4.69, 9.17) is 0 Å². The zero-order valence-corrected chi connectivity index (χ0v) is 12.0. The van der Waals surface area contributed by atoms with Gasteiger partial charge in [-0.15, -0.1) is 0 Å². The van der Waals surface area contributed by atoms with Gasteiger partial charge in [-0.25, -0.2) is 8.78 Å². The van der Waals surface area contributed by atoms with Crippen molar-refractivity contribution in [2.24, 2.45) is 7.05 Å². The lowest BCUT2D eigenvalue weighted by Crippen LogP contribution is -2.09. The molecule has 1 heterocycles. The van der Waals surface area contributed by atoms with Gasteiger partial charge in [0.2, 0.25) is 0 Å². The van der Waals surface area contributed by atoms with Gasteiger partial charge in [0, 0.05) is 19.2 Å². The Hall–Kier alpha value is -1.75. The zero-order chi connectivity index (χ0) is 15.0. The van der Waals surface area contributed by atoms with Crippen LogP contribution in [0.2, 0.25) is 0 Å². The Morgan fingerprint density at radius 1 is 1.25 bits per heavy atom. The van der Waals surface area contributed by atoms with E-state index in [1.807, 2.05) is 13.8 Å². The number of aryl methyl sites for hydroxylation is 3. The third-order valence-corrected chi connectivity index (χ3v) is 3.71. The van der Waals surface area contributed by atoms with Crippen LogP contribution in [-0.4, -0.2) is 14.9 Å². The number of benzene rings is 1. The summed E-state index contributed by atoms with van der Waals surface area (Å²) >= 11 is 0.